The lowest BCUT2D eigenvalue weighted by Gasteiger charge is -2.12. The number of hydrogen-bond acceptors (Lipinski definition) is 4. The average Bonchev–Trinajstić information content (AvgIpc) is 2.84. The topological polar surface area (TPSA) is 66.9 Å². The fourth-order valence-corrected chi connectivity index (χ4v) is 2.31. The summed E-state index contributed by atoms with van der Waals surface area (Å²) in [7, 11) is 0. The number of benzene rings is 1. The lowest BCUT2D eigenvalue weighted by Crippen LogP contribution is -2.23. The van der Waals surface area contributed by atoms with Gasteiger partial charge in [-0.1, -0.05) is 41.9 Å². The first kappa shape index (κ1) is 12.9. The quantitative estimate of drug-likeness (QED) is 0.849. The van der Waals surface area contributed by atoms with Crippen LogP contribution in [0, 0.1) is 0 Å². The van der Waals surface area contributed by atoms with Gasteiger partial charge in [-0.3, -0.25) is 4.79 Å². The third kappa shape index (κ3) is 2.88. The monoisotopic (exact) mass is 288 g/mol. The number of rotatable bonds is 3. The standard InChI is InChI=1S/C14H13ClN4O/c15-11-7-12(17-10-6-13(20)16-8-10)19-14(18-11)9-4-2-1-3-5-9/h1-5,7,10H,6,8H2,(H,16,20)(H,17,18,19). The minimum atomic E-state index is 0.0390. The number of aromatic nitrogens is 2. The van der Waals surface area contributed by atoms with E-state index in [2.05, 4.69) is 20.6 Å². The van der Waals surface area contributed by atoms with Gasteiger partial charge in [-0.2, -0.15) is 0 Å². The van der Waals surface area contributed by atoms with Gasteiger partial charge in [0.1, 0.15) is 11.0 Å². The van der Waals surface area contributed by atoms with Crippen LogP contribution in [0.5, 0.6) is 0 Å². The lowest BCUT2D eigenvalue weighted by molar-refractivity contribution is -0.119. The summed E-state index contributed by atoms with van der Waals surface area (Å²) >= 11 is 6.04. The molecule has 1 unspecified atom stereocenters. The van der Waals surface area contributed by atoms with Gasteiger partial charge in [0.25, 0.3) is 0 Å². The first-order valence-electron chi connectivity index (χ1n) is 6.34. The highest BCUT2D eigenvalue weighted by Crippen LogP contribution is 2.21. The third-order valence-corrected chi connectivity index (χ3v) is 3.25. The van der Waals surface area contributed by atoms with Crippen LogP contribution in [-0.2, 0) is 4.79 Å². The lowest BCUT2D eigenvalue weighted by atomic mass is 10.2. The van der Waals surface area contributed by atoms with Crippen molar-refractivity contribution in [2.24, 2.45) is 0 Å². The van der Waals surface area contributed by atoms with E-state index in [1.165, 1.54) is 0 Å². The van der Waals surface area contributed by atoms with E-state index in [1.54, 1.807) is 6.07 Å². The number of nitrogens with zero attached hydrogens (tertiary/aromatic N) is 2. The Bertz CT molecular complexity index is 632. The van der Waals surface area contributed by atoms with Crippen LogP contribution >= 0.6 is 11.6 Å². The summed E-state index contributed by atoms with van der Waals surface area (Å²) in [6.07, 6.45) is 0.447. The minimum absolute atomic E-state index is 0.0390. The first-order valence-corrected chi connectivity index (χ1v) is 6.72. The molecule has 5 nitrogen and oxygen atoms in total. The van der Waals surface area contributed by atoms with Crippen LogP contribution in [0.3, 0.4) is 0 Å². The van der Waals surface area contributed by atoms with Crippen molar-refractivity contribution in [3.63, 3.8) is 0 Å². The zero-order chi connectivity index (χ0) is 13.9. The van der Waals surface area contributed by atoms with Crippen LogP contribution in [0.25, 0.3) is 11.4 Å². The molecule has 1 atom stereocenters. The van der Waals surface area contributed by atoms with Gasteiger partial charge in [-0.25, -0.2) is 9.97 Å². The predicted octanol–water partition coefficient (Wildman–Crippen LogP) is 2.10. The molecule has 1 aromatic heterocycles. The molecule has 20 heavy (non-hydrogen) atoms. The summed E-state index contributed by atoms with van der Waals surface area (Å²) in [5.41, 5.74) is 0.902. The second-order valence-corrected chi connectivity index (χ2v) is 5.00. The van der Waals surface area contributed by atoms with E-state index in [9.17, 15) is 4.79 Å². The van der Waals surface area contributed by atoms with E-state index >= 15 is 0 Å². The molecule has 1 fully saturated rings. The Kier molecular flexibility index (Phi) is 3.52. The smallest absolute Gasteiger partial charge is 0.222 e. The Morgan fingerprint density at radius 2 is 2.05 bits per heavy atom. The summed E-state index contributed by atoms with van der Waals surface area (Å²) in [6, 6.07) is 11.3. The number of carbonyl (C=O) groups excluding carboxylic acids is 1. The molecule has 1 amide bonds. The van der Waals surface area contributed by atoms with Gasteiger partial charge in [-0.15, -0.1) is 0 Å². The molecule has 0 spiro atoms. The number of nitrogens with one attached hydrogen (secondary N) is 2. The zero-order valence-corrected chi connectivity index (χ0v) is 11.4. The summed E-state index contributed by atoms with van der Waals surface area (Å²) in [5, 5.41) is 6.35. The Morgan fingerprint density at radius 1 is 1.25 bits per heavy atom. The Hall–Kier alpha value is -2.14. The number of carbonyl (C=O) groups is 1. The third-order valence-electron chi connectivity index (χ3n) is 3.06. The van der Waals surface area contributed by atoms with Crippen LogP contribution in [0.1, 0.15) is 6.42 Å². The van der Waals surface area contributed by atoms with Crippen LogP contribution in [-0.4, -0.2) is 28.5 Å². The Labute approximate surface area is 121 Å². The SMILES string of the molecule is O=C1CC(Nc2cc(Cl)nc(-c3ccccc3)n2)CN1. The molecule has 0 radical (unpaired) electrons. The van der Waals surface area contributed by atoms with Gasteiger partial charge >= 0.3 is 0 Å². The summed E-state index contributed by atoms with van der Waals surface area (Å²) in [6.45, 7) is 0.598. The van der Waals surface area contributed by atoms with Crippen molar-refractivity contribution in [1.29, 1.82) is 0 Å². The van der Waals surface area contributed by atoms with Gasteiger partial charge in [0.05, 0.1) is 6.04 Å². The number of halogens is 1. The minimum Gasteiger partial charge on any atom is -0.365 e. The van der Waals surface area contributed by atoms with E-state index in [4.69, 9.17) is 11.6 Å². The molecule has 3 rings (SSSR count). The van der Waals surface area contributed by atoms with Gasteiger partial charge in [0.2, 0.25) is 5.91 Å². The Morgan fingerprint density at radius 3 is 2.75 bits per heavy atom. The van der Waals surface area contributed by atoms with Crippen LogP contribution < -0.4 is 10.6 Å². The average molecular weight is 289 g/mol. The molecular formula is C14H13ClN4O. The number of hydrogen-bond donors (Lipinski definition) is 2. The molecule has 2 heterocycles. The molecule has 1 aliphatic heterocycles. The zero-order valence-electron chi connectivity index (χ0n) is 10.6. The van der Waals surface area contributed by atoms with Crippen molar-refractivity contribution >= 4 is 23.3 Å². The maximum atomic E-state index is 11.2. The molecule has 0 saturated carbocycles. The van der Waals surface area contributed by atoms with Gasteiger partial charge in [0.15, 0.2) is 5.82 Å². The van der Waals surface area contributed by atoms with E-state index in [1.807, 2.05) is 30.3 Å². The van der Waals surface area contributed by atoms with Crippen molar-refractivity contribution in [2.45, 2.75) is 12.5 Å². The van der Waals surface area contributed by atoms with E-state index in [0.29, 0.717) is 29.8 Å². The molecule has 2 N–H and O–H groups in total. The number of amides is 1. The molecule has 1 aliphatic rings. The van der Waals surface area contributed by atoms with Crippen molar-refractivity contribution in [2.75, 3.05) is 11.9 Å². The van der Waals surface area contributed by atoms with Crippen molar-refractivity contribution in [3.05, 3.63) is 41.6 Å². The van der Waals surface area contributed by atoms with Crippen molar-refractivity contribution in [3.8, 4) is 11.4 Å². The van der Waals surface area contributed by atoms with Crippen molar-refractivity contribution < 1.29 is 4.79 Å². The second-order valence-electron chi connectivity index (χ2n) is 4.62. The Balaban J connectivity index is 1.85. The normalized spacial score (nSPS) is 17.9. The molecule has 2 aromatic rings. The molecule has 6 heteroatoms. The van der Waals surface area contributed by atoms with Gasteiger partial charge < -0.3 is 10.6 Å². The van der Waals surface area contributed by atoms with Crippen molar-refractivity contribution in [1.82, 2.24) is 15.3 Å². The van der Waals surface area contributed by atoms with E-state index < -0.39 is 0 Å². The number of anilines is 1. The van der Waals surface area contributed by atoms with Gasteiger partial charge in [-0.05, 0) is 0 Å². The molecule has 102 valence electrons. The second kappa shape index (κ2) is 5.46. The fourth-order valence-electron chi connectivity index (χ4n) is 2.12. The summed E-state index contributed by atoms with van der Waals surface area (Å²) < 4.78 is 0. The largest absolute Gasteiger partial charge is 0.365 e. The predicted molar refractivity (Wildman–Crippen MR) is 77.5 cm³/mol. The maximum Gasteiger partial charge on any atom is 0.222 e. The maximum absolute atomic E-state index is 11.2. The van der Waals surface area contributed by atoms with E-state index in [-0.39, 0.29) is 11.9 Å². The summed E-state index contributed by atoms with van der Waals surface area (Å²) in [4.78, 5) is 19.9. The molecule has 0 aliphatic carbocycles. The molecule has 1 aromatic carbocycles. The highest BCUT2D eigenvalue weighted by Gasteiger charge is 2.21. The first-order chi connectivity index (χ1) is 9.70. The van der Waals surface area contributed by atoms with E-state index in [0.717, 1.165) is 5.56 Å². The molecular weight excluding hydrogens is 276 g/mol. The molecule has 1 saturated heterocycles. The van der Waals surface area contributed by atoms with Crippen LogP contribution in [0.15, 0.2) is 36.4 Å². The highest BCUT2D eigenvalue weighted by atomic mass is 35.5. The summed E-state index contributed by atoms with van der Waals surface area (Å²) in [5.74, 6) is 1.24. The molecule has 0 bridgehead atoms. The van der Waals surface area contributed by atoms with Crippen LogP contribution in [0.4, 0.5) is 5.82 Å². The fraction of sp³-hybridized carbons (Fsp3) is 0.214. The van der Waals surface area contributed by atoms with Crippen LogP contribution in [0.2, 0.25) is 5.15 Å². The highest BCUT2D eigenvalue weighted by molar-refractivity contribution is 6.29. The van der Waals surface area contributed by atoms with Gasteiger partial charge in [0, 0.05) is 24.6 Å².